The van der Waals surface area contributed by atoms with Crippen molar-refractivity contribution in [1.82, 2.24) is 15.0 Å². The number of imide groups is 1. The van der Waals surface area contributed by atoms with E-state index < -0.39 is 45.5 Å². The number of aromatic nitrogens is 2. The summed E-state index contributed by atoms with van der Waals surface area (Å²) < 4.78 is 78.6. The van der Waals surface area contributed by atoms with Crippen molar-refractivity contribution >= 4 is 27.7 Å². The molecule has 0 saturated carbocycles. The van der Waals surface area contributed by atoms with Crippen LogP contribution in [0.15, 0.2) is 65.1 Å². The van der Waals surface area contributed by atoms with Crippen molar-refractivity contribution in [2.24, 2.45) is 5.14 Å². The molecule has 9 nitrogen and oxygen atoms in total. The summed E-state index contributed by atoms with van der Waals surface area (Å²) in [5.41, 5.74) is 1.74. The van der Waals surface area contributed by atoms with E-state index >= 15 is 0 Å². The summed E-state index contributed by atoms with van der Waals surface area (Å²) in [6, 6.07) is 9.15. The van der Waals surface area contributed by atoms with Gasteiger partial charge in [-0.2, -0.15) is 18.2 Å². The molecule has 0 atom stereocenters. The fourth-order valence-electron chi connectivity index (χ4n) is 3.39. The van der Waals surface area contributed by atoms with E-state index in [1.54, 1.807) is 0 Å². The molecule has 2 amide bonds. The Morgan fingerprint density at radius 1 is 1.00 bits per heavy atom. The lowest BCUT2D eigenvalue weighted by Crippen LogP contribution is -2.37. The van der Waals surface area contributed by atoms with Gasteiger partial charge in [0.15, 0.2) is 5.82 Å². The van der Waals surface area contributed by atoms with Crippen LogP contribution in [0.1, 0.15) is 12.7 Å². The number of primary sulfonamides is 1. The average molecular weight is 521 g/mol. The van der Waals surface area contributed by atoms with Gasteiger partial charge in [0, 0.05) is 17.2 Å². The molecule has 2 heterocycles. The first-order chi connectivity index (χ1) is 16.8. The number of anilines is 1. The molecule has 0 spiro atoms. The number of nitrogens with one attached hydrogen (secondary N) is 1. The molecule has 1 aromatic heterocycles. The van der Waals surface area contributed by atoms with Gasteiger partial charge in [-0.25, -0.2) is 27.9 Å². The molecule has 1 aliphatic heterocycles. The molecule has 0 fully saturated rings. The van der Waals surface area contributed by atoms with E-state index in [0.29, 0.717) is 5.01 Å². The van der Waals surface area contributed by atoms with Crippen LogP contribution in [0, 0.1) is 5.82 Å². The number of rotatable bonds is 5. The van der Waals surface area contributed by atoms with Crippen molar-refractivity contribution in [2.75, 3.05) is 5.43 Å². The van der Waals surface area contributed by atoms with E-state index in [9.17, 15) is 35.6 Å². The number of nitrogens with zero attached hydrogens (tertiary/aromatic N) is 3. The van der Waals surface area contributed by atoms with Crippen LogP contribution in [0.3, 0.4) is 0 Å². The van der Waals surface area contributed by atoms with Gasteiger partial charge >= 0.3 is 6.18 Å². The van der Waals surface area contributed by atoms with Crippen molar-refractivity contribution in [3.05, 3.63) is 71.8 Å². The Balaban J connectivity index is 2.04. The van der Waals surface area contributed by atoms with Crippen LogP contribution in [0.5, 0.6) is 0 Å². The van der Waals surface area contributed by atoms with Gasteiger partial charge in [0.25, 0.3) is 11.8 Å². The summed E-state index contributed by atoms with van der Waals surface area (Å²) in [5.74, 6) is -4.63. The summed E-state index contributed by atoms with van der Waals surface area (Å²) in [5, 5.41) is 5.66. The number of nitrogens with two attached hydrogens (primary N) is 1. The molecular formula is C22H15F4N5O4S. The number of benzene rings is 2. The molecule has 36 heavy (non-hydrogen) atoms. The van der Waals surface area contributed by atoms with Gasteiger partial charge in [0.05, 0.1) is 16.2 Å². The van der Waals surface area contributed by atoms with E-state index in [1.165, 1.54) is 19.1 Å². The Kier molecular flexibility index (Phi) is 6.10. The van der Waals surface area contributed by atoms with Gasteiger partial charge in [-0.05, 0) is 48.9 Å². The Morgan fingerprint density at radius 3 is 2.22 bits per heavy atom. The molecule has 0 radical (unpaired) electrons. The highest BCUT2D eigenvalue weighted by Crippen LogP contribution is 2.40. The smallest absolute Gasteiger partial charge is 0.271 e. The van der Waals surface area contributed by atoms with E-state index in [1.807, 2.05) is 0 Å². The van der Waals surface area contributed by atoms with E-state index in [4.69, 9.17) is 5.14 Å². The molecule has 186 valence electrons. The number of alkyl halides is 3. The summed E-state index contributed by atoms with van der Waals surface area (Å²) >= 11 is 0. The lowest BCUT2D eigenvalue weighted by atomic mass is 9.99. The van der Waals surface area contributed by atoms with E-state index in [-0.39, 0.29) is 32.9 Å². The van der Waals surface area contributed by atoms with E-state index in [0.717, 1.165) is 42.5 Å². The monoisotopic (exact) mass is 521 g/mol. The Bertz CT molecular complexity index is 1540. The van der Waals surface area contributed by atoms with Crippen LogP contribution < -0.4 is 10.6 Å². The number of carbonyl (C=O) groups is 2. The predicted octanol–water partition coefficient (Wildman–Crippen LogP) is 3.26. The molecule has 1 aliphatic rings. The normalized spacial score (nSPS) is 14.3. The first kappa shape index (κ1) is 24.9. The molecule has 2 aromatic carbocycles. The van der Waals surface area contributed by atoms with Gasteiger partial charge in [0.1, 0.15) is 5.82 Å². The average Bonchev–Trinajstić information content (AvgIpc) is 3.04. The Morgan fingerprint density at radius 2 is 1.67 bits per heavy atom. The van der Waals surface area contributed by atoms with Crippen molar-refractivity contribution < 1.29 is 35.6 Å². The van der Waals surface area contributed by atoms with Gasteiger partial charge in [-0.15, -0.1) is 0 Å². The highest BCUT2D eigenvalue weighted by atomic mass is 32.2. The number of hydrogen-bond donors (Lipinski definition) is 2. The van der Waals surface area contributed by atoms with Gasteiger partial charge < -0.3 is 0 Å². The van der Waals surface area contributed by atoms with Crippen LogP contribution in [0.4, 0.5) is 23.4 Å². The number of carbonyl (C=O) groups excluding carboxylic acids is 2. The zero-order chi connectivity index (χ0) is 26.4. The minimum atomic E-state index is -5.06. The molecule has 3 aromatic rings. The Labute approximate surface area is 201 Å². The third kappa shape index (κ3) is 4.81. The lowest BCUT2D eigenvalue weighted by Gasteiger charge is -2.22. The number of halogens is 4. The maximum atomic E-state index is 13.7. The maximum absolute atomic E-state index is 13.7. The SMILES string of the molecule is CC1=CC(=O)N(Nc2nc(C(F)(F)F)nc(-c3ccc(F)cc3)c2-c2cccc(S(N)(=O)=O)c2)C1=O. The van der Waals surface area contributed by atoms with Gasteiger partial charge in [-0.3, -0.25) is 15.0 Å². The quantitative estimate of drug-likeness (QED) is 0.389. The number of hydrazine groups is 1. The topological polar surface area (TPSA) is 135 Å². The predicted molar refractivity (Wildman–Crippen MR) is 118 cm³/mol. The van der Waals surface area contributed by atoms with Crippen molar-refractivity contribution in [2.45, 2.75) is 18.0 Å². The second-order valence-electron chi connectivity index (χ2n) is 7.61. The lowest BCUT2D eigenvalue weighted by molar-refractivity contribution is -0.144. The third-order valence-corrected chi connectivity index (χ3v) is 5.96. The third-order valence-electron chi connectivity index (χ3n) is 5.05. The van der Waals surface area contributed by atoms with Crippen LogP contribution in [-0.4, -0.2) is 35.2 Å². The van der Waals surface area contributed by atoms with Crippen molar-refractivity contribution in [1.29, 1.82) is 0 Å². The van der Waals surface area contributed by atoms with Crippen LogP contribution in [0.2, 0.25) is 0 Å². The maximum Gasteiger partial charge on any atom is 0.451 e. The minimum Gasteiger partial charge on any atom is -0.271 e. The van der Waals surface area contributed by atoms with Crippen molar-refractivity contribution in [3.8, 4) is 22.4 Å². The fraction of sp³-hybridized carbons (Fsp3) is 0.0909. The van der Waals surface area contributed by atoms with Gasteiger partial charge in [-0.1, -0.05) is 12.1 Å². The Hall–Kier alpha value is -4.17. The largest absolute Gasteiger partial charge is 0.451 e. The molecular weight excluding hydrogens is 506 g/mol. The molecule has 0 unspecified atom stereocenters. The number of hydrogen-bond acceptors (Lipinski definition) is 7. The summed E-state index contributed by atoms with van der Waals surface area (Å²) in [7, 11) is -4.23. The highest BCUT2D eigenvalue weighted by molar-refractivity contribution is 7.89. The second-order valence-corrected chi connectivity index (χ2v) is 9.18. The zero-order valence-corrected chi connectivity index (χ0v) is 19.0. The minimum absolute atomic E-state index is 0.0109. The number of sulfonamides is 1. The van der Waals surface area contributed by atoms with Crippen LogP contribution in [-0.2, 0) is 25.8 Å². The van der Waals surface area contributed by atoms with Crippen molar-refractivity contribution in [3.63, 3.8) is 0 Å². The summed E-state index contributed by atoms with van der Waals surface area (Å²) in [6.07, 6.45) is -4.08. The van der Waals surface area contributed by atoms with E-state index in [2.05, 4.69) is 15.4 Å². The standard InChI is InChI=1S/C22H15F4N5O4S/c1-11-9-16(32)31(20(11)33)30-19-17(13-3-2-4-15(10-13)36(27,34)35)18(12-5-7-14(23)8-6-12)28-21(29-19)22(24,25)26/h2-10H,1H3,(H2,27,34,35)(H,28,29,30). The molecule has 0 saturated heterocycles. The molecule has 14 heteroatoms. The second kappa shape index (κ2) is 8.80. The summed E-state index contributed by atoms with van der Waals surface area (Å²) in [6.45, 7) is 1.34. The first-order valence-electron chi connectivity index (χ1n) is 9.97. The van der Waals surface area contributed by atoms with Crippen LogP contribution >= 0.6 is 0 Å². The molecule has 3 N–H and O–H groups in total. The molecule has 0 bridgehead atoms. The van der Waals surface area contributed by atoms with Crippen LogP contribution in [0.25, 0.3) is 22.4 Å². The zero-order valence-electron chi connectivity index (χ0n) is 18.2. The number of amides is 2. The van der Waals surface area contributed by atoms with Gasteiger partial charge in [0.2, 0.25) is 15.8 Å². The highest BCUT2D eigenvalue weighted by Gasteiger charge is 2.38. The fourth-order valence-corrected chi connectivity index (χ4v) is 3.95. The molecule has 0 aliphatic carbocycles. The summed E-state index contributed by atoms with van der Waals surface area (Å²) in [4.78, 5) is 31.4. The first-order valence-corrected chi connectivity index (χ1v) is 11.5. The molecule has 4 rings (SSSR count).